The first-order valence-corrected chi connectivity index (χ1v) is 6.33. The van der Waals surface area contributed by atoms with Gasteiger partial charge in [0.05, 0.1) is 0 Å². The third-order valence-corrected chi connectivity index (χ3v) is 2.82. The lowest BCUT2D eigenvalue weighted by Crippen LogP contribution is -2.50. The average molecular weight is 258 g/mol. The molecule has 0 rings (SSSR count). The summed E-state index contributed by atoms with van der Waals surface area (Å²) in [5.74, 6) is -1.07. The Bertz CT molecular complexity index is 297. The maximum atomic E-state index is 11.9. The molecule has 18 heavy (non-hydrogen) atoms. The first kappa shape index (κ1) is 16.7. The Balaban J connectivity index is 4.56. The summed E-state index contributed by atoms with van der Waals surface area (Å²) >= 11 is 0. The second kappa shape index (κ2) is 6.61. The van der Waals surface area contributed by atoms with E-state index in [4.69, 9.17) is 5.11 Å². The van der Waals surface area contributed by atoms with Crippen LogP contribution in [-0.4, -0.2) is 41.6 Å². The molecule has 0 fully saturated rings. The minimum atomic E-state index is -0.984. The van der Waals surface area contributed by atoms with Gasteiger partial charge in [0.15, 0.2) is 0 Å². The fourth-order valence-electron chi connectivity index (χ4n) is 1.71. The van der Waals surface area contributed by atoms with Crippen LogP contribution in [0.4, 0.5) is 4.79 Å². The van der Waals surface area contributed by atoms with E-state index < -0.39 is 12.0 Å². The summed E-state index contributed by atoms with van der Waals surface area (Å²) in [5.41, 5.74) is -0.0127. The first-order valence-electron chi connectivity index (χ1n) is 6.33. The van der Waals surface area contributed by atoms with Crippen LogP contribution in [0.15, 0.2) is 0 Å². The molecule has 0 saturated heterocycles. The SMILES string of the molecule is CCC(C)C(NC(=O)N(C)CC(C)(C)C)C(=O)O. The third-order valence-electron chi connectivity index (χ3n) is 2.82. The van der Waals surface area contributed by atoms with E-state index in [-0.39, 0.29) is 17.4 Å². The Labute approximate surface area is 110 Å². The highest BCUT2D eigenvalue weighted by atomic mass is 16.4. The van der Waals surface area contributed by atoms with Gasteiger partial charge in [0, 0.05) is 13.6 Å². The van der Waals surface area contributed by atoms with E-state index in [0.717, 1.165) is 0 Å². The molecule has 5 heteroatoms. The summed E-state index contributed by atoms with van der Waals surface area (Å²) < 4.78 is 0. The van der Waals surface area contributed by atoms with E-state index in [1.165, 1.54) is 4.90 Å². The molecule has 0 spiro atoms. The smallest absolute Gasteiger partial charge is 0.326 e. The second-order valence-electron chi connectivity index (χ2n) is 6.07. The highest BCUT2D eigenvalue weighted by Crippen LogP contribution is 2.14. The van der Waals surface area contributed by atoms with E-state index in [1.807, 2.05) is 34.6 Å². The van der Waals surface area contributed by atoms with Crippen molar-refractivity contribution in [3.05, 3.63) is 0 Å². The number of carbonyl (C=O) groups is 2. The maximum Gasteiger partial charge on any atom is 0.326 e. The van der Waals surface area contributed by atoms with E-state index >= 15 is 0 Å². The number of hydrogen-bond donors (Lipinski definition) is 2. The van der Waals surface area contributed by atoms with Crippen molar-refractivity contribution in [2.24, 2.45) is 11.3 Å². The molecule has 2 N–H and O–H groups in total. The molecule has 2 atom stereocenters. The van der Waals surface area contributed by atoms with Crippen LogP contribution < -0.4 is 5.32 Å². The number of rotatable bonds is 5. The van der Waals surface area contributed by atoms with Crippen LogP contribution in [0.3, 0.4) is 0 Å². The Hall–Kier alpha value is -1.26. The summed E-state index contributed by atoms with van der Waals surface area (Å²) in [7, 11) is 1.68. The van der Waals surface area contributed by atoms with Gasteiger partial charge in [-0.1, -0.05) is 41.0 Å². The van der Waals surface area contributed by atoms with Crippen LogP contribution in [-0.2, 0) is 4.79 Å². The van der Waals surface area contributed by atoms with E-state index in [1.54, 1.807) is 7.05 Å². The molecule has 0 heterocycles. The topological polar surface area (TPSA) is 69.6 Å². The molecule has 2 unspecified atom stereocenters. The number of hydrogen-bond acceptors (Lipinski definition) is 2. The Morgan fingerprint density at radius 1 is 1.33 bits per heavy atom. The van der Waals surface area contributed by atoms with E-state index in [2.05, 4.69) is 5.32 Å². The summed E-state index contributed by atoms with van der Waals surface area (Å²) in [4.78, 5) is 24.5. The zero-order valence-electron chi connectivity index (χ0n) is 12.3. The fraction of sp³-hybridized carbons (Fsp3) is 0.846. The van der Waals surface area contributed by atoms with Crippen LogP contribution >= 0.6 is 0 Å². The van der Waals surface area contributed by atoms with Crippen molar-refractivity contribution >= 4 is 12.0 Å². The van der Waals surface area contributed by atoms with Crippen LogP contribution in [0.5, 0.6) is 0 Å². The lowest BCUT2D eigenvalue weighted by atomic mass is 9.96. The molecule has 0 radical (unpaired) electrons. The van der Waals surface area contributed by atoms with Crippen molar-refractivity contribution in [2.45, 2.75) is 47.1 Å². The predicted octanol–water partition coefficient (Wildman–Crippen LogP) is 2.17. The fourth-order valence-corrected chi connectivity index (χ4v) is 1.71. The lowest BCUT2D eigenvalue weighted by molar-refractivity contribution is -0.140. The van der Waals surface area contributed by atoms with Gasteiger partial charge < -0.3 is 15.3 Å². The van der Waals surface area contributed by atoms with Gasteiger partial charge in [0.25, 0.3) is 0 Å². The van der Waals surface area contributed by atoms with Crippen molar-refractivity contribution in [1.82, 2.24) is 10.2 Å². The molecule has 0 aliphatic heterocycles. The highest BCUT2D eigenvalue weighted by molar-refractivity contribution is 5.82. The van der Waals surface area contributed by atoms with Crippen molar-refractivity contribution in [3.63, 3.8) is 0 Å². The Morgan fingerprint density at radius 2 is 1.83 bits per heavy atom. The second-order valence-corrected chi connectivity index (χ2v) is 6.07. The summed E-state index contributed by atoms with van der Waals surface area (Å²) in [6.45, 7) is 10.4. The van der Waals surface area contributed by atoms with Crippen molar-refractivity contribution in [2.75, 3.05) is 13.6 Å². The minimum Gasteiger partial charge on any atom is -0.480 e. The number of carboxylic acid groups (broad SMARTS) is 1. The molecule has 5 nitrogen and oxygen atoms in total. The van der Waals surface area contributed by atoms with Crippen LogP contribution in [0.25, 0.3) is 0 Å². The number of nitrogens with one attached hydrogen (secondary N) is 1. The van der Waals surface area contributed by atoms with Crippen molar-refractivity contribution in [1.29, 1.82) is 0 Å². The zero-order valence-corrected chi connectivity index (χ0v) is 12.3. The quantitative estimate of drug-likeness (QED) is 0.794. The van der Waals surface area contributed by atoms with Gasteiger partial charge in [0.2, 0.25) is 0 Å². The highest BCUT2D eigenvalue weighted by Gasteiger charge is 2.27. The summed E-state index contributed by atoms with van der Waals surface area (Å²) in [6, 6.07) is -1.16. The molecule has 0 aliphatic carbocycles. The van der Waals surface area contributed by atoms with Crippen LogP contribution in [0.2, 0.25) is 0 Å². The summed E-state index contributed by atoms with van der Waals surface area (Å²) in [5, 5.41) is 11.7. The normalized spacial score (nSPS) is 14.8. The average Bonchev–Trinajstić information content (AvgIpc) is 2.21. The van der Waals surface area contributed by atoms with Gasteiger partial charge in [-0.15, -0.1) is 0 Å². The number of aliphatic carboxylic acids is 1. The Morgan fingerprint density at radius 3 is 2.17 bits per heavy atom. The van der Waals surface area contributed by atoms with Crippen LogP contribution in [0.1, 0.15) is 41.0 Å². The molecular weight excluding hydrogens is 232 g/mol. The van der Waals surface area contributed by atoms with Crippen molar-refractivity contribution < 1.29 is 14.7 Å². The van der Waals surface area contributed by atoms with E-state index in [9.17, 15) is 9.59 Å². The molecule has 2 amide bonds. The zero-order chi connectivity index (χ0) is 14.5. The van der Waals surface area contributed by atoms with Gasteiger partial charge in [0.1, 0.15) is 6.04 Å². The molecule has 106 valence electrons. The number of carbonyl (C=O) groups excluding carboxylic acids is 1. The molecule has 0 bridgehead atoms. The maximum absolute atomic E-state index is 11.9. The van der Waals surface area contributed by atoms with Crippen LogP contribution in [0, 0.1) is 11.3 Å². The molecule has 0 aliphatic rings. The monoisotopic (exact) mass is 258 g/mol. The van der Waals surface area contributed by atoms with Gasteiger partial charge in [-0.05, 0) is 11.3 Å². The van der Waals surface area contributed by atoms with Gasteiger partial charge in [-0.2, -0.15) is 0 Å². The largest absolute Gasteiger partial charge is 0.480 e. The molecule has 0 aromatic heterocycles. The number of amides is 2. The molecule has 0 aromatic carbocycles. The third kappa shape index (κ3) is 5.89. The molecular formula is C13H26N2O3. The summed E-state index contributed by atoms with van der Waals surface area (Å²) in [6.07, 6.45) is 0.709. The predicted molar refractivity (Wildman–Crippen MR) is 71.5 cm³/mol. The number of urea groups is 1. The van der Waals surface area contributed by atoms with Crippen molar-refractivity contribution in [3.8, 4) is 0 Å². The first-order chi connectivity index (χ1) is 8.08. The number of carboxylic acids is 1. The minimum absolute atomic E-state index is 0.0127. The van der Waals surface area contributed by atoms with Gasteiger partial charge >= 0.3 is 12.0 Å². The Kier molecular flexibility index (Phi) is 6.15. The standard InChI is InChI=1S/C13H26N2O3/c1-7-9(2)10(11(16)17)14-12(18)15(6)8-13(3,4)5/h9-10H,7-8H2,1-6H3,(H,14,18)(H,16,17). The van der Waals surface area contributed by atoms with E-state index in [0.29, 0.717) is 13.0 Å². The van der Waals surface area contributed by atoms with Gasteiger partial charge in [-0.3, -0.25) is 0 Å². The molecule has 0 aromatic rings. The molecule has 0 saturated carbocycles. The number of nitrogens with zero attached hydrogens (tertiary/aromatic N) is 1. The van der Waals surface area contributed by atoms with Gasteiger partial charge in [-0.25, -0.2) is 9.59 Å². The lowest BCUT2D eigenvalue weighted by Gasteiger charge is -2.29.